The molecule has 0 saturated heterocycles. The lowest BCUT2D eigenvalue weighted by atomic mass is 10.1. The van der Waals surface area contributed by atoms with Crippen LogP contribution >= 0.6 is 0 Å². The maximum Gasteiger partial charge on any atom is 0.323 e. The molecule has 0 aromatic carbocycles. The van der Waals surface area contributed by atoms with E-state index in [1.165, 1.54) is 4.90 Å². The summed E-state index contributed by atoms with van der Waals surface area (Å²) in [6.07, 6.45) is 2.12. The molecule has 0 radical (unpaired) electrons. The van der Waals surface area contributed by atoms with Crippen molar-refractivity contribution in [3.8, 4) is 0 Å². The van der Waals surface area contributed by atoms with Crippen molar-refractivity contribution >= 4 is 17.9 Å². The minimum Gasteiger partial charge on any atom is -0.481 e. The maximum absolute atomic E-state index is 11.6. The second kappa shape index (κ2) is 9.35. The average molecular weight is 272 g/mol. The summed E-state index contributed by atoms with van der Waals surface area (Å²) in [5.74, 6) is -0.836. The number of nitrogens with zero attached hydrogens (tertiary/aromatic N) is 1. The van der Waals surface area contributed by atoms with Crippen LogP contribution in [0.1, 0.15) is 46.0 Å². The van der Waals surface area contributed by atoms with Gasteiger partial charge in [0.1, 0.15) is 0 Å². The number of carbonyl (C=O) groups excluding carboxylic acids is 2. The summed E-state index contributed by atoms with van der Waals surface area (Å²) >= 11 is 0. The molecule has 0 aromatic rings. The number of hydrogen-bond acceptors (Lipinski definition) is 3. The maximum atomic E-state index is 11.6. The van der Waals surface area contributed by atoms with Gasteiger partial charge in [0.05, 0.1) is 0 Å². The highest BCUT2D eigenvalue weighted by molar-refractivity contribution is 5.94. The van der Waals surface area contributed by atoms with Crippen molar-refractivity contribution in [1.82, 2.24) is 10.2 Å². The van der Waals surface area contributed by atoms with E-state index in [4.69, 9.17) is 5.11 Å². The van der Waals surface area contributed by atoms with E-state index in [-0.39, 0.29) is 18.7 Å². The van der Waals surface area contributed by atoms with Crippen LogP contribution in [0, 0.1) is 5.92 Å². The zero-order valence-corrected chi connectivity index (χ0v) is 11.9. The smallest absolute Gasteiger partial charge is 0.323 e. The fraction of sp³-hybridized carbons (Fsp3) is 0.769. The number of nitrogens with one attached hydrogen (secondary N) is 1. The van der Waals surface area contributed by atoms with Gasteiger partial charge in [-0.15, -0.1) is 0 Å². The molecule has 2 N–H and O–H groups in total. The van der Waals surface area contributed by atoms with Gasteiger partial charge in [-0.1, -0.05) is 20.3 Å². The number of carboxylic acids is 1. The van der Waals surface area contributed by atoms with Crippen LogP contribution in [0.5, 0.6) is 0 Å². The number of urea groups is 1. The molecule has 0 spiro atoms. The lowest BCUT2D eigenvalue weighted by molar-refractivity contribution is -0.137. The first-order chi connectivity index (χ1) is 8.86. The van der Waals surface area contributed by atoms with E-state index in [1.807, 2.05) is 13.8 Å². The minimum atomic E-state index is -0.871. The summed E-state index contributed by atoms with van der Waals surface area (Å²) in [5, 5.41) is 10.7. The van der Waals surface area contributed by atoms with Gasteiger partial charge in [-0.05, 0) is 18.8 Å². The molecule has 0 fully saturated rings. The van der Waals surface area contributed by atoms with Crippen LogP contribution in [0.4, 0.5) is 4.79 Å². The van der Waals surface area contributed by atoms with Gasteiger partial charge in [0.25, 0.3) is 0 Å². The third kappa shape index (κ3) is 9.04. The second-order valence-corrected chi connectivity index (χ2v) is 4.85. The van der Waals surface area contributed by atoms with Crippen molar-refractivity contribution in [2.75, 3.05) is 13.6 Å². The topological polar surface area (TPSA) is 86.7 Å². The zero-order chi connectivity index (χ0) is 14.8. The van der Waals surface area contributed by atoms with Gasteiger partial charge in [0.15, 0.2) is 0 Å². The van der Waals surface area contributed by atoms with Crippen molar-refractivity contribution < 1.29 is 19.5 Å². The Morgan fingerprint density at radius 2 is 1.79 bits per heavy atom. The number of imide groups is 1. The number of carboxylic acid groups (broad SMARTS) is 1. The van der Waals surface area contributed by atoms with Gasteiger partial charge in [-0.2, -0.15) is 0 Å². The molecule has 19 heavy (non-hydrogen) atoms. The van der Waals surface area contributed by atoms with Crippen molar-refractivity contribution in [3.63, 3.8) is 0 Å². The highest BCUT2D eigenvalue weighted by atomic mass is 16.4. The number of unbranched alkanes of at least 4 members (excludes halogenated alkanes) is 1. The third-order valence-electron chi connectivity index (χ3n) is 2.92. The van der Waals surface area contributed by atoms with Crippen molar-refractivity contribution in [2.45, 2.75) is 46.0 Å². The molecule has 0 aliphatic heterocycles. The molecule has 0 aliphatic carbocycles. The summed E-state index contributed by atoms with van der Waals surface area (Å²) in [7, 11) is 1.65. The number of aliphatic carboxylic acids is 1. The highest BCUT2D eigenvalue weighted by Crippen LogP contribution is 2.03. The lowest BCUT2D eigenvalue weighted by Crippen LogP contribution is -2.42. The molecule has 110 valence electrons. The van der Waals surface area contributed by atoms with Crippen LogP contribution in [0.2, 0.25) is 0 Å². The standard InChI is InChI=1S/C13H24N2O4/c1-4-10(2)9-15(3)13(19)14-11(16)7-5-6-8-12(17)18/h10H,4-9H2,1-3H3,(H,17,18)(H,14,16,19). The van der Waals surface area contributed by atoms with E-state index in [9.17, 15) is 14.4 Å². The zero-order valence-electron chi connectivity index (χ0n) is 11.9. The second-order valence-electron chi connectivity index (χ2n) is 4.85. The Labute approximate surface area is 114 Å². The largest absolute Gasteiger partial charge is 0.481 e. The van der Waals surface area contributed by atoms with Crippen molar-refractivity contribution in [1.29, 1.82) is 0 Å². The Kier molecular flexibility index (Phi) is 8.57. The van der Waals surface area contributed by atoms with Crippen molar-refractivity contribution in [3.05, 3.63) is 0 Å². The molecular weight excluding hydrogens is 248 g/mol. The van der Waals surface area contributed by atoms with Crippen molar-refractivity contribution in [2.24, 2.45) is 5.92 Å². The lowest BCUT2D eigenvalue weighted by Gasteiger charge is -2.20. The van der Waals surface area contributed by atoms with Crippen LogP contribution < -0.4 is 5.32 Å². The van der Waals surface area contributed by atoms with Crippen LogP contribution in [0.3, 0.4) is 0 Å². The van der Waals surface area contributed by atoms with E-state index in [0.717, 1.165) is 6.42 Å². The summed E-state index contributed by atoms with van der Waals surface area (Å²) < 4.78 is 0. The summed E-state index contributed by atoms with van der Waals surface area (Å²) in [6.45, 7) is 4.69. The average Bonchev–Trinajstić information content (AvgIpc) is 2.34. The highest BCUT2D eigenvalue weighted by Gasteiger charge is 2.14. The monoisotopic (exact) mass is 272 g/mol. The number of carbonyl (C=O) groups is 3. The van der Waals surface area contributed by atoms with Crippen LogP contribution in [0.25, 0.3) is 0 Å². The molecule has 6 heteroatoms. The first-order valence-electron chi connectivity index (χ1n) is 6.63. The Hall–Kier alpha value is -1.59. The number of amides is 3. The number of rotatable bonds is 8. The van der Waals surface area contributed by atoms with E-state index in [1.54, 1.807) is 7.05 Å². The molecule has 0 heterocycles. The van der Waals surface area contributed by atoms with Gasteiger partial charge < -0.3 is 10.0 Å². The quantitative estimate of drug-likeness (QED) is 0.660. The van der Waals surface area contributed by atoms with Gasteiger partial charge in [-0.25, -0.2) is 4.79 Å². The molecule has 0 aromatic heterocycles. The summed E-state index contributed by atoms with van der Waals surface area (Å²) in [6, 6.07) is -0.400. The SMILES string of the molecule is CCC(C)CN(C)C(=O)NC(=O)CCCCC(=O)O. The van der Waals surface area contributed by atoms with Gasteiger partial charge >= 0.3 is 12.0 Å². The van der Waals surface area contributed by atoms with E-state index < -0.39 is 12.0 Å². The normalized spacial score (nSPS) is 11.7. The molecular formula is C13H24N2O4. The third-order valence-corrected chi connectivity index (χ3v) is 2.92. The summed E-state index contributed by atoms with van der Waals surface area (Å²) in [4.78, 5) is 34.9. The molecule has 3 amide bonds. The van der Waals surface area contributed by atoms with E-state index >= 15 is 0 Å². The summed E-state index contributed by atoms with van der Waals surface area (Å²) in [5.41, 5.74) is 0. The van der Waals surface area contributed by atoms with E-state index in [0.29, 0.717) is 25.3 Å². The van der Waals surface area contributed by atoms with E-state index in [2.05, 4.69) is 5.32 Å². The minimum absolute atomic E-state index is 0.0507. The Morgan fingerprint density at radius 3 is 2.32 bits per heavy atom. The molecule has 6 nitrogen and oxygen atoms in total. The van der Waals surface area contributed by atoms with Gasteiger partial charge in [-0.3, -0.25) is 14.9 Å². The number of hydrogen-bond donors (Lipinski definition) is 2. The predicted molar refractivity (Wildman–Crippen MR) is 71.7 cm³/mol. The van der Waals surface area contributed by atoms with Gasteiger partial charge in [0.2, 0.25) is 5.91 Å². The van der Waals surface area contributed by atoms with Crippen LogP contribution in [0.15, 0.2) is 0 Å². The molecule has 0 saturated carbocycles. The molecule has 1 unspecified atom stereocenters. The van der Waals surface area contributed by atoms with Gasteiger partial charge in [0, 0.05) is 26.4 Å². The van der Waals surface area contributed by atoms with Crippen LogP contribution in [-0.4, -0.2) is 41.5 Å². The molecule has 0 aliphatic rings. The molecule has 0 bridgehead atoms. The predicted octanol–water partition coefficient (Wildman–Crippen LogP) is 1.85. The molecule has 0 rings (SSSR count). The van der Waals surface area contributed by atoms with Crippen LogP contribution in [-0.2, 0) is 9.59 Å². The fourth-order valence-corrected chi connectivity index (χ4v) is 1.52. The molecule has 1 atom stereocenters. The first-order valence-corrected chi connectivity index (χ1v) is 6.63. The first kappa shape index (κ1) is 17.4. The fourth-order valence-electron chi connectivity index (χ4n) is 1.52. The Balaban J connectivity index is 3.85. The Bertz CT molecular complexity index is 318. The Morgan fingerprint density at radius 1 is 1.21 bits per heavy atom.